The molecule has 0 bridgehead atoms. The molecule has 0 atom stereocenters. The van der Waals surface area contributed by atoms with E-state index in [9.17, 15) is 17.2 Å². The topological polar surface area (TPSA) is 72.2 Å². The van der Waals surface area contributed by atoms with E-state index in [2.05, 4.69) is 10.8 Å². The van der Waals surface area contributed by atoms with Crippen LogP contribution in [0.3, 0.4) is 0 Å². The average molecular weight is 302 g/mol. The number of nitrogens with one attached hydrogen (secondary N) is 1. The first-order chi connectivity index (χ1) is 9.40. The van der Waals surface area contributed by atoms with Crippen LogP contribution in [0.2, 0.25) is 0 Å². The van der Waals surface area contributed by atoms with Crippen LogP contribution in [0.4, 0.5) is 14.5 Å². The molecule has 0 spiro atoms. The highest BCUT2D eigenvalue weighted by atomic mass is 32.2. The summed E-state index contributed by atoms with van der Waals surface area (Å²) in [4.78, 5) is -0.754. The molecule has 1 aromatic carbocycles. The van der Waals surface area contributed by atoms with Crippen LogP contribution in [-0.4, -0.2) is 15.0 Å². The van der Waals surface area contributed by atoms with Crippen molar-refractivity contribution >= 4 is 15.7 Å². The Morgan fingerprint density at radius 1 is 1.30 bits per heavy atom. The summed E-state index contributed by atoms with van der Waals surface area (Å²) in [6.07, 6.45) is 5.71. The number of hydrogen-bond acceptors (Lipinski definition) is 3. The van der Waals surface area contributed by atoms with Crippen molar-refractivity contribution in [1.82, 2.24) is 4.72 Å². The maximum Gasteiger partial charge on any atom is 0.243 e. The molecule has 20 heavy (non-hydrogen) atoms. The van der Waals surface area contributed by atoms with Gasteiger partial charge in [0.15, 0.2) is 11.6 Å². The van der Waals surface area contributed by atoms with Crippen LogP contribution in [0.1, 0.15) is 25.7 Å². The minimum atomic E-state index is -4.10. The third-order valence-corrected chi connectivity index (χ3v) is 4.64. The van der Waals surface area contributed by atoms with E-state index in [1.165, 1.54) is 5.57 Å². The number of halogens is 2. The largest absolute Gasteiger partial charge is 0.399 e. The lowest BCUT2D eigenvalue weighted by Gasteiger charge is -2.09. The Morgan fingerprint density at radius 2 is 2.05 bits per heavy atom. The van der Waals surface area contributed by atoms with E-state index in [0.717, 1.165) is 31.4 Å². The predicted octanol–water partition coefficient (Wildman–Crippen LogP) is 2.33. The first kappa shape index (κ1) is 14.9. The van der Waals surface area contributed by atoms with E-state index in [1.54, 1.807) is 0 Å². The second kappa shape index (κ2) is 5.88. The Labute approximate surface area is 116 Å². The molecule has 0 unspecified atom stereocenters. The van der Waals surface area contributed by atoms with Gasteiger partial charge in [0.1, 0.15) is 4.90 Å². The van der Waals surface area contributed by atoms with Crippen molar-refractivity contribution in [1.29, 1.82) is 0 Å². The summed E-state index contributed by atoms with van der Waals surface area (Å²) >= 11 is 0. The molecule has 2 rings (SSSR count). The molecule has 0 fully saturated rings. The van der Waals surface area contributed by atoms with Crippen LogP contribution in [-0.2, 0) is 10.0 Å². The standard InChI is InChI=1S/C13H16F2N2O2S/c14-11-7-10(16)8-12(13(11)15)20(18,19)17-6-5-9-3-1-2-4-9/h3,7-8,17H,1-2,4-6,16H2. The number of nitrogen functional groups attached to an aromatic ring is 1. The van der Waals surface area contributed by atoms with E-state index < -0.39 is 26.6 Å². The highest BCUT2D eigenvalue weighted by molar-refractivity contribution is 7.89. The molecule has 0 aromatic heterocycles. The van der Waals surface area contributed by atoms with E-state index in [1.807, 2.05) is 0 Å². The molecule has 110 valence electrons. The highest BCUT2D eigenvalue weighted by Crippen LogP contribution is 2.22. The molecule has 0 saturated heterocycles. The Balaban J connectivity index is 2.10. The predicted molar refractivity (Wildman–Crippen MR) is 72.5 cm³/mol. The molecule has 1 aliphatic carbocycles. The van der Waals surface area contributed by atoms with E-state index in [4.69, 9.17) is 5.73 Å². The van der Waals surface area contributed by atoms with E-state index >= 15 is 0 Å². The van der Waals surface area contributed by atoms with Crippen molar-refractivity contribution in [2.24, 2.45) is 0 Å². The van der Waals surface area contributed by atoms with Crippen LogP contribution in [0.15, 0.2) is 28.7 Å². The van der Waals surface area contributed by atoms with Crippen molar-refractivity contribution in [3.63, 3.8) is 0 Å². The summed E-state index contributed by atoms with van der Waals surface area (Å²) < 4.78 is 52.9. The minimum Gasteiger partial charge on any atom is -0.399 e. The molecular weight excluding hydrogens is 286 g/mol. The van der Waals surface area contributed by atoms with Crippen LogP contribution in [0, 0.1) is 11.6 Å². The summed E-state index contributed by atoms with van der Waals surface area (Å²) in [5, 5.41) is 0. The number of sulfonamides is 1. The summed E-state index contributed by atoms with van der Waals surface area (Å²) in [5.41, 5.74) is 6.40. The second-order valence-electron chi connectivity index (χ2n) is 4.72. The van der Waals surface area contributed by atoms with Crippen LogP contribution < -0.4 is 10.5 Å². The SMILES string of the molecule is Nc1cc(F)c(F)c(S(=O)(=O)NCCC2=CCCC2)c1. The zero-order valence-corrected chi connectivity index (χ0v) is 11.6. The van der Waals surface area contributed by atoms with Gasteiger partial charge in [-0.15, -0.1) is 0 Å². The van der Waals surface area contributed by atoms with Gasteiger partial charge in [-0.25, -0.2) is 21.9 Å². The number of hydrogen-bond donors (Lipinski definition) is 2. The fraction of sp³-hybridized carbons (Fsp3) is 0.385. The van der Waals surface area contributed by atoms with Crippen molar-refractivity contribution in [3.05, 3.63) is 35.4 Å². The van der Waals surface area contributed by atoms with Gasteiger partial charge in [0.05, 0.1) is 0 Å². The van der Waals surface area contributed by atoms with Crippen molar-refractivity contribution in [3.8, 4) is 0 Å². The van der Waals surface area contributed by atoms with Gasteiger partial charge in [0.2, 0.25) is 10.0 Å². The fourth-order valence-corrected chi connectivity index (χ4v) is 3.32. The van der Waals surface area contributed by atoms with E-state index in [0.29, 0.717) is 6.42 Å². The Kier molecular flexibility index (Phi) is 4.39. The second-order valence-corrected chi connectivity index (χ2v) is 6.45. The van der Waals surface area contributed by atoms with Gasteiger partial charge in [0.25, 0.3) is 0 Å². The third kappa shape index (κ3) is 3.34. The third-order valence-electron chi connectivity index (χ3n) is 3.18. The zero-order valence-electron chi connectivity index (χ0n) is 10.8. The summed E-state index contributed by atoms with van der Waals surface area (Å²) in [6, 6.07) is 1.66. The van der Waals surface area contributed by atoms with E-state index in [-0.39, 0.29) is 12.2 Å². The van der Waals surface area contributed by atoms with Crippen molar-refractivity contribution in [2.75, 3.05) is 12.3 Å². The molecule has 0 saturated carbocycles. The zero-order chi connectivity index (χ0) is 14.8. The minimum absolute atomic E-state index is 0.136. The number of allylic oxidation sites excluding steroid dienone is 1. The Hall–Kier alpha value is -1.47. The molecule has 0 heterocycles. The normalized spacial score (nSPS) is 15.4. The summed E-state index contributed by atoms with van der Waals surface area (Å²) in [5.74, 6) is -2.68. The summed E-state index contributed by atoms with van der Waals surface area (Å²) in [7, 11) is -4.10. The lowest BCUT2D eigenvalue weighted by Crippen LogP contribution is -2.26. The fourth-order valence-electron chi connectivity index (χ4n) is 2.17. The number of anilines is 1. The molecular formula is C13H16F2N2O2S. The first-order valence-electron chi connectivity index (χ1n) is 6.32. The maximum atomic E-state index is 13.5. The van der Waals surface area contributed by atoms with Gasteiger partial charge in [-0.05, 0) is 37.8 Å². The van der Waals surface area contributed by atoms with Crippen LogP contribution in [0.25, 0.3) is 0 Å². The molecule has 7 heteroatoms. The van der Waals surface area contributed by atoms with Crippen LogP contribution >= 0.6 is 0 Å². The van der Waals surface area contributed by atoms with Gasteiger partial charge in [-0.2, -0.15) is 0 Å². The Morgan fingerprint density at radius 3 is 2.70 bits per heavy atom. The molecule has 0 aliphatic heterocycles. The van der Waals surface area contributed by atoms with Gasteiger partial charge in [0, 0.05) is 12.2 Å². The molecule has 3 N–H and O–H groups in total. The molecule has 1 aromatic rings. The average Bonchev–Trinajstić information content (AvgIpc) is 2.86. The highest BCUT2D eigenvalue weighted by Gasteiger charge is 2.22. The molecule has 1 aliphatic rings. The Bertz CT molecular complexity index is 642. The number of rotatable bonds is 5. The smallest absolute Gasteiger partial charge is 0.243 e. The molecule has 0 radical (unpaired) electrons. The number of benzene rings is 1. The maximum absolute atomic E-state index is 13.5. The number of nitrogens with two attached hydrogens (primary N) is 1. The van der Waals surface area contributed by atoms with Crippen LogP contribution in [0.5, 0.6) is 0 Å². The van der Waals surface area contributed by atoms with Crippen molar-refractivity contribution in [2.45, 2.75) is 30.6 Å². The van der Waals surface area contributed by atoms with Gasteiger partial charge < -0.3 is 5.73 Å². The summed E-state index contributed by atoms with van der Waals surface area (Å²) in [6.45, 7) is 0.157. The van der Waals surface area contributed by atoms with Crippen molar-refractivity contribution < 1.29 is 17.2 Å². The van der Waals surface area contributed by atoms with Gasteiger partial charge in [-0.1, -0.05) is 11.6 Å². The lowest BCUT2D eigenvalue weighted by molar-refractivity contribution is 0.484. The molecule has 0 amide bonds. The molecule has 4 nitrogen and oxygen atoms in total. The first-order valence-corrected chi connectivity index (χ1v) is 7.80. The monoisotopic (exact) mass is 302 g/mol. The van der Waals surface area contributed by atoms with Gasteiger partial charge >= 0.3 is 0 Å². The lowest BCUT2D eigenvalue weighted by atomic mass is 10.2. The van der Waals surface area contributed by atoms with Gasteiger partial charge in [-0.3, -0.25) is 0 Å². The quantitative estimate of drug-likeness (QED) is 0.647.